The van der Waals surface area contributed by atoms with Crippen LogP contribution in [0.2, 0.25) is 0 Å². The minimum Gasteiger partial charge on any atom is -0.357 e. The zero-order chi connectivity index (χ0) is 21.0. The third kappa shape index (κ3) is 9.33. The van der Waals surface area contributed by atoms with E-state index >= 15 is 0 Å². The molecule has 2 fully saturated rings. The summed E-state index contributed by atoms with van der Waals surface area (Å²) in [5, 5.41) is 6.62. The number of carbonyl (C=O) groups excluding carboxylic acids is 1. The van der Waals surface area contributed by atoms with Gasteiger partial charge in [0.15, 0.2) is 5.96 Å². The molecule has 8 heteroatoms. The Kier molecular flexibility index (Phi) is 12.2. The molecule has 2 aliphatic rings. The molecule has 0 aliphatic carbocycles. The molecule has 3 rings (SSSR count). The summed E-state index contributed by atoms with van der Waals surface area (Å²) in [6.45, 7) is 12.4. The van der Waals surface area contributed by atoms with Gasteiger partial charge in [-0.2, -0.15) is 0 Å². The van der Waals surface area contributed by atoms with E-state index in [0.29, 0.717) is 0 Å². The number of amides is 1. The molecule has 1 aromatic rings. The molecule has 2 saturated heterocycles. The SMILES string of the molecule is CCNC(=NCC(=O)N1CCCC1)NCCCN1CCN(Cc2ccccc2)CC1.I. The van der Waals surface area contributed by atoms with Gasteiger partial charge in [-0.25, -0.2) is 4.99 Å². The van der Waals surface area contributed by atoms with Crippen molar-refractivity contribution < 1.29 is 4.79 Å². The van der Waals surface area contributed by atoms with Crippen molar-refractivity contribution in [3.8, 4) is 0 Å². The Morgan fingerprint density at radius 3 is 2.32 bits per heavy atom. The van der Waals surface area contributed by atoms with Crippen LogP contribution in [0.15, 0.2) is 35.3 Å². The van der Waals surface area contributed by atoms with Crippen LogP contribution in [-0.4, -0.2) is 92.0 Å². The molecule has 0 atom stereocenters. The third-order valence-electron chi connectivity index (χ3n) is 5.83. The first-order valence-electron chi connectivity index (χ1n) is 11.5. The number of piperazine rings is 1. The molecule has 2 N–H and O–H groups in total. The number of aliphatic imine (C=N–C) groups is 1. The van der Waals surface area contributed by atoms with Crippen molar-refractivity contribution in [2.45, 2.75) is 32.7 Å². The average Bonchev–Trinajstić information content (AvgIpc) is 3.32. The summed E-state index contributed by atoms with van der Waals surface area (Å²) in [4.78, 5) is 23.7. The maximum Gasteiger partial charge on any atom is 0.244 e. The minimum absolute atomic E-state index is 0. The van der Waals surface area contributed by atoms with E-state index in [9.17, 15) is 4.79 Å². The van der Waals surface area contributed by atoms with Crippen LogP contribution in [-0.2, 0) is 11.3 Å². The number of likely N-dealkylation sites (tertiary alicyclic amines) is 1. The second-order valence-corrected chi connectivity index (χ2v) is 8.17. The largest absolute Gasteiger partial charge is 0.357 e. The maximum absolute atomic E-state index is 12.2. The Bertz CT molecular complexity index is 657. The Hall–Kier alpha value is -1.39. The second-order valence-electron chi connectivity index (χ2n) is 8.17. The molecular weight excluding hydrogens is 503 g/mol. The first-order valence-corrected chi connectivity index (χ1v) is 11.5. The number of carbonyl (C=O) groups is 1. The van der Waals surface area contributed by atoms with Crippen molar-refractivity contribution in [1.82, 2.24) is 25.3 Å². The molecule has 2 heterocycles. The lowest BCUT2D eigenvalue weighted by Gasteiger charge is -2.34. The maximum atomic E-state index is 12.2. The fourth-order valence-corrected chi connectivity index (χ4v) is 4.08. The van der Waals surface area contributed by atoms with E-state index in [1.165, 1.54) is 5.56 Å². The van der Waals surface area contributed by atoms with Gasteiger partial charge in [0.25, 0.3) is 0 Å². The summed E-state index contributed by atoms with van der Waals surface area (Å²) >= 11 is 0. The van der Waals surface area contributed by atoms with Crippen molar-refractivity contribution in [2.75, 3.05) is 65.4 Å². The van der Waals surface area contributed by atoms with Crippen LogP contribution >= 0.6 is 24.0 Å². The molecule has 174 valence electrons. The van der Waals surface area contributed by atoms with Crippen LogP contribution in [0.25, 0.3) is 0 Å². The lowest BCUT2D eigenvalue weighted by atomic mass is 10.2. The summed E-state index contributed by atoms with van der Waals surface area (Å²) in [5.74, 6) is 0.885. The first kappa shape index (κ1) is 25.9. The lowest BCUT2D eigenvalue weighted by molar-refractivity contribution is -0.128. The van der Waals surface area contributed by atoms with Crippen molar-refractivity contribution >= 4 is 35.8 Å². The molecule has 1 aromatic carbocycles. The van der Waals surface area contributed by atoms with E-state index in [1.807, 2.05) is 4.90 Å². The van der Waals surface area contributed by atoms with Gasteiger partial charge in [-0.15, -0.1) is 24.0 Å². The van der Waals surface area contributed by atoms with Crippen LogP contribution in [0.5, 0.6) is 0 Å². The van der Waals surface area contributed by atoms with E-state index in [4.69, 9.17) is 0 Å². The number of guanidine groups is 1. The zero-order valence-electron chi connectivity index (χ0n) is 18.9. The van der Waals surface area contributed by atoms with Crippen molar-refractivity contribution in [3.05, 3.63) is 35.9 Å². The Balaban J connectivity index is 0.00000341. The molecule has 0 radical (unpaired) electrons. The summed E-state index contributed by atoms with van der Waals surface area (Å²) in [7, 11) is 0. The third-order valence-corrected chi connectivity index (χ3v) is 5.83. The van der Waals surface area contributed by atoms with Crippen LogP contribution in [0.4, 0.5) is 0 Å². The fraction of sp³-hybridized carbons (Fsp3) is 0.652. The molecule has 2 aliphatic heterocycles. The Morgan fingerprint density at radius 1 is 0.968 bits per heavy atom. The van der Waals surface area contributed by atoms with E-state index in [2.05, 4.69) is 62.7 Å². The summed E-state index contributed by atoms with van der Waals surface area (Å²) in [6, 6.07) is 10.7. The standard InChI is InChI=1S/C23H38N6O.HI/c1-2-24-23(26-19-22(30)29-13-6-7-14-29)25-11-8-12-27-15-17-28(18-16-27)20-21-9-4-3-5-10-21;/h3-5,9-10H,2,6-8,11-20H2,1H3,(H2,24,25,26);1H. The predicted molar refractivity (Wildman–Crippen MR) is 138 cm³/mol. The van der Waals surface area contributed by atoms with E-state index < -0.39 is 0 Å². The minimum atomic E-state index is 0. The highest BCUT2D eigenvalue weighted by atomic mass is 127. The van der Waals surface area contributed by atoms with Gasteiger partial charge in [0.2, 0.25) is 5.91 Å². The van der Waals surface area contributed by atoms with Crippen LogP contribution in [0, 0.1) is 0 Å². The Morgan fingerprint density at radius 2 is 1.65 bits per heavy atom. The quantitative estimate of drug-likeness (QED) is 0.216. The number of nitrogens with one attached hydrogen (secondary N) is 2. The van der Waals surface area contributed by atoms with Gasteiger partial charge in [-0.3, -0.25) is 9.69 Å². The van der Waals surface area contributed by atoms with Gasteiger partial charge in [-0.05, 0) is 38.3 Å². The van der Waals surface area contributed by atoms with Crippen molar-refractivity contribution in [2.24, 2.45) is 4.99 Å². The van der Waals surface area contributed by atoms with Crippen LogP contribution in [0.3, 0.4) is 0 Å². The molecule has 0 unspecified atom stereocenters. The van der Waals surface area contributed by atoms with Gasteiger partial charge in [0.05, 0.1) is 0 Å². The van der Waals surface area contributed by atoms with Crippen LogP contribution in [0.1, 0.15) is 31.7 Å². The van der Waals surface area contributed by atoms with E-state index in [1.54, 1.807) is 0 Å². The second kappa shape index (κ2) is 14.6. The Labute approximate surface area is 204 Å². The highest BCUT2D eigenvalue weighted by Crippen LogP contribution is 2.09. The molecule has 0 bridgehead atoms. The molecule has 1 amide bonds. The van der Waals surface area contributed by atoms with E-state index in [-0.39, 0.29) is 36.4 Å². The van der Waals surface area contributed by atoms with Gasteiger partial charge < -0.3 is 20.4 Å². The van der Waals surface area contributed by atoms with Gasteiger partial charge in [0.1, 0.15) is 6.54 Å². The number of rotatable bonds is 9. The molecular formula is C23H39IN6O. The topological polar surface area (TPSA) is 63.2 Å². The summed E-state index contributed by atoms with van der Waals surface area (Å²) in [6.07, 6.45) is 3.31. The number of nitrogens with zero attached hydrogens (tertiary/aromatic N) is 4. The van der Waals surface area contributed by atoms with Crippen molar-refractivity contribution in [1.29, 1.82) is 0 Å². The summed E-state index contributed by atoms with van der Waals surface area (Å²) in [5.41, 5.74) is 1.40. The first-order chi connectivity index (χ1) is 14.7. The molecule has 0 spiro atoms. The number of hydrogen-bond acceptors (Lipinski definition) is 4. The molecule has 7 nitrogen and oxygen atoms in total. The number of benzene rings is 1. The van der Waals surface area contributed by atoms with E-state index in [0.717, 1.165) is 90.7 Å². The monoisotopic (exact) mass is 542 g/mol. The van der Waals surface area contributed by atoms with Gasteiger partial charge in [0, 0.05) is 58.9 Å². The smallest absolute Gasteiger partial charge is 0.244 e. The predicted octanol–water partition coefficient (Wildman–Crippen LogP) is 1.99. The number of hydrogen-bond donors (Lipinski definition) is 2. The summed E-state index contributed by atoms with van der Waals surface area (Å²) < 4.78 is 0. The van der Waals surface area contributed by atoms with Crippen LogP contribution < -0.4 is 10.6 Å². The zero-order valence-corrected chi connectivity index (χ0v) is 21.2. The molecule has 31 heavy (non-hydrogen) atoms. The normalized spacial score (nSPS) is 18.0. The lowest BCUT2D eigenvalue weighted by Crippen LogP contribution is -2.46. The molecule has 0 aromatic heterocycles. The van der Waals surface area contributed by atoms with Gasteiger partial charge in [-0.1, -0.05) is 30.3 Å². The number of halogens is 1. The van der Waals surface area contributed by atoms with Crippen molar-refractivity contribution in [3.63, 3.8) is 0 Å². The highest BCUT2D eigenvalue weighted by Gasteiger charge is 2.18. The van der Waals surface area contributed by atoms with Gasteiger partial charge >= 0.3 is 0 Å². The average molecular weight is 543 g/mol. The molecule has 0 saturated carbocycles. The highest BCUT2D eigenvalue weighted by molar-refractivity contribution is 14.0. The fourth-order valence-electron chi connectivity index (χ4n) is 4.08.